The standard InChI is InChI=1S/3C8H16.2CH4/c3*1-7-3-5-8(2)6-4-7;;/h3*7-8H,3-6H2,1-2H3;2*1H4. The largest absolute Gasteiger partial charge is 0.0776 e. The molecule has 0 spiro atoms. The molecule has 26 heavy (non-hydrogen) atoms. The summed E-state index contributed by atoms with van der Waals surface area (Å²) >= 11 is 0. The van der Waals surface area contributed by atoms with Crippen molar-refractivity contribution in [1.29, 1.82) is 0 Å². The summed E-state index contributed by atoms with van der Waals surface area (Å²) in [6, 6.07) is 0. The van der Waals surface area contributed by atoms with Gasteiger partial charge in [-0.2, -0.15) is 0 Å². The third-order valence-electron chi connectivity index (χ3n) is 6.91. The van der Waals surface area contributed by atoms with E-state index in [0.29, 0.717) is 0 Å². The predicted octanol–water partition coefficient (Wildman–Crippen LogP) is 9.77. The van der Waals surface area contributed by atoms with Crippen LogP contribution in [0, 0.1) is 35.5 Å². The number of hydrogen-bond acceptors (Lipinski definition) is 0. The summed E-state index contributed by atoms with van der Waals surface area (Å²) in [7, 11) is 0. The summed E-state index contributed by atoms with van der Waals surface area (Å²) in [5.74, 6) is 6.12. The molecule has 160 valence electrons. The minimum atomic E-state index is 0. The van der Waals surface area contributed by atoms with E-state index < -0.39 is 0 Å². The Morgan fingerprint density at radius 3 is 0.423 bits per heavy atom. The molecular formula is C26H56. The van der Waals surface area contributed by atoms with Crippen LogP contribution in [0.2, 0.25) is 0 Å². The molecule has 0 aromatic rings. The van der Waals surface area contributed by atoms with E-state index in [1.54, 1.807) is 0 Å². The Kier molecular flexibility index (Phi) is 17.4. The monoisotopic (exact) mass is 368 g/mol. The summed E-state index contributed by atoms with van der Waals surface area (Å²) < 4.78 is 0. The fourth-order valence-corrected chi connectivity index (χ4v) is 4.28. The van der Waals surface area contributed by atoms with Crippen molar-refractivity contribution in [3.8, 4) is 0 Å². The molecule has 0 unspecified atom stereocenters. The minimum absolute atomic E-state index is 0. The molecular weight excluding hydrogens is 312 g/mol. The normalized spacial score (nSPS) is 36.7. The summed E-state index contributed by atoms with van der Waals surface area (Å²) in [5, 5.41) is 0. The highest BCUT2D eigenvalue weighted by atomic mass is 14.2. The van der Waals surface area contributed by atoms with E-state index >= 15 is 0 Å². The molecule has 0 aromatic carbocycles. The second-order valence-corrected chi connectivity index (χ2v) is 10.1. The highest BCUT2D eigenvalue weighted by molar-refractivity contribution is 4.67. The first-order valence-electron chi connectivity index (χ1n) is 11.4. The van der Waals surface area contributed by atoms with Gasteiger partial charge < -0.3 is 0 Å². The smallest absolute Gasteiger partial charge is 0.0443 e. The van der Waals surface area contributed by atoms with Crippen LogP contribution in [-0.4, -0.2) is 0 Å². The van der Waals surface area contributed by atoms with Crippen LogP contribution < -0.4 is 0 Å². The first-order chi connectivity index (χ1) is 11.4. The maximum Gasteiger partial charge on any atom is -0.0443 e. The Morgan fingerprint density at radius 2 is 0.346 bits per heavy atom. The Hall–Kier alpha value is 0. The van der Waals surface area contributed by atoms with Gasteiger partial charge in [0.1, 0.15) is 0 Å². The summed E-state index contributed by atoms with van der Waals surface area (Å²) in [4.78, 5) is 0. The van der Waals surface area contributed by atoms with Crippen LogP contribution >= 0.6 is 0 Å². The van der Waals surface area contributed by atoms with E-state index in [1.807, 2.05) is 0 Å². The van der Waals surface area contributed by atoms with Gasteiger partial charge in [-0.1, -0.05) is 133 Å². The van der Waals surface area contributed by atoms with E-state index in [0.717, 1.165) is 35.5 Å². The third kappa shape index (κ3) is 14.1. The van der Waals surface area contributed by atoms with Gasteiger partial charge in [0.25, 0.3) is 0 Å². The van der Waals surface area contributed by atoms with Gasteiger partial charge in [-0.05, 0) is 35.5 Å². The van der Waals surface area contributed by atoms with Gasteiger partial charge in [0.05, 0.1) is 0 Å². The zero-order valence-electron chi connectivity index (χ0n) is 17.9. The minimum Gasteiger partial charge on any atom is -0.0776 e. The Balaban J connectivity index is 0. The van der Waals surface area contributed by atoms with Crippen LogP contribution in [-0.2, 0) is 0 Å². The molecule has 0 aliphatic heterocycles. The lowest BCUT2D eigenvalue weighted by molar-refractivity contribution is 0.308. The van der Waals surface area contributed by atoms with Gasteiger partial charge in [0.2, 0.25) is 0 Å². The first-order valence-corrected chi connectivity index (χ1v) is 11.4. The molecule has 3 aliphatic rings. The van der Waals surface area contributed by atoms with Crippen LogP contribution in [0.15, 0.2) is 0 Å². The molecule has 0 nitrogen and oxygen atoms in total. The van der Waals surface area contributed by atoms with Gasteiger partial charge >= 0.3 is 0 Å². The highest BCUT2D eigenvalue weighted by Crippen LogP contribution is 2.28. The Bertz CT molecular complexity index is 193. The van der Waals surface area contributed by atoms with Crippen molar-refractivity contribution in [2.75, 3.05) is 0 Å². The van der Waals surface area contributed by atoms with E-state index in [4.69, 9.17) is 0 Å². The Labute approximate surface area is 169 Å². The predicted molar refractivity (Wildman–Crippen MR) is 124 cm³/mol. The van der Waals surface area contributed by atoms with Gasteiger partial charge in [-0.3, -0.25) is 0 Å². The average Bonchev–Trinajstić information content (AvgIpc) is 2.57. The van der Waals surface area contributed by atoms with Crippen LogP contribution in [0.25, 0.3) is 0 Å². The first kappa shape index (κ1) is 28.2. The lowest BCUT2D eigenvalue weighted by Crippen LogP contribution is -2.08. The zero-order chi connectivity index (χ0) is 17.9. The molecule has 0 heteroatoms. The second kappa shape index (κ2) is 16.0. The highest BCUT2D eigenvalue weighted by Gasteiger charge is 2.14. The van der Waals surface area contributed by atoms with E-state index in [9.17, 15) is 0 Å². The quantitative estimate of drug-likeness (QED) is 0.399. The van der Waals surface area contributed by atoms with Crippen LogP contribution in [0.3, 0.4) is 0 Å². The molecule has 0 radical (unpaired) electrons. The molecule has 0 bridgehead atoms. The summed E-state index contributed by atoms with van der Waals surface area (Å²) in [5.41, 5.74) is 0. The SMILES string of the molecule is C.C.CC1CCC(C)CC1.CC1CCC(C)CC1.CC1CCC(C)CC1. The molecule has 0 aromatic heterocycles. The fraction of sp³-hybridized carbons (Fsp3) is 1.00. The molecule has 3 fully saturated rings. The molecule has 0 atom stereocenters. The van der Waals surface area contributed by atoms with E-state index in [-0.39, 0.29) is 14.9 Å². The Morgan fingerprint density at radius 1 is 0.269 bits per heavy atom. The number of rotatable bonds is 0. The van der Waals surface area contributed by atoms with Crippen molar-refractivity contribution in [3.05, 3.63) is 0 Å². The van der Waals surface area contributed by atoms with E-state index in [1.165, 1.54) is 77.0 Å². The zero-order valence-corrected chi connectivity index (χ0v) is 17.9. The maximum absolute atomic E-state index is 2.37. The van der Waals surface area contributed by atoms with Crippen molar-refractivity contribution in [2.24, 2.45) is 35.5 Å². The fourth-order valence-electron chi connectivity index (χ4n) is 4.28. The molecule has 0 heterocycles. The van der Waals surface area contributed by atoms with Crippen molar-refractivity contribution in [1.82, 2.24) is 0 Å². The lowest BCUT2D eigenvalue weighted by atomic mass is 9.84. The van der Waals surface area contributed by atoms with Gasteiger partial charge in [-0.25, -0.2) is 0 Å². The summed E-state index contributed by atoms with van der Waals surface area (Å²) in [6.07, 6.45) is 17.7. The number of hydrogen-bond donors (Lipinski definition) is 0. The maximum atomic E-state index is 2.37. The van der Waals surface area contributed by atoms with Gasteiger partial charge in [0, 0.05) is 0 Å². The van der Waals surface area contributed by atoms with Crippen LogP contribution in [0.4, 0.5) is 0 Å². The van der Waals surface area contributed by atoms with Crippen LogP contribution in [0.5, 0.6) is 0 Å². The van der Waals surface area contributed by atoms with Gasteiger partial charge in [0.15, 0.2) is 0 Å². The molecule has 3 saturated carbocycles. The topological polar surface area (TPSA) is 0 Å². The van der Waals surface area contributed by atoms with Crippen LogP contribution in [0.1, 0.15) is 133 Å². The molecule has 3 rings (SSSR count). The summed E-state index contributed by atoms with van der Waals surface area (Å²) in [6.45, 7) is 14.2. The molecule has 3 aliphatic carbocycles. The van der Waals surface area contributed by atoms with Crippen molar-refractivity contribution in [3.63, 3.8) is 0 Å². The van der Waals surface area contributed by atoms with Crippen molar-refractivity contribution in [2.45, 2.75) is 133 Å². The van der Waals surface area contributed by atoms with Crippen molar-refractivity contribution >= 4 is 0 Å². The third-order valence-corrected chi connectivity index (χ3v) is 6.91. The van der Waals surface area contributed by atoms with Crippen molar-refractivity contribution < 1.29 is 0 Å². The lowest BCUT2D eigenvalue weighted by Gasteiger charge is -2.22. The van der Waals surface area contributed by atoms with E-state index in [2.05, 4.69) is 41.5 Å². The molecule has 0 amide bonds. The molecule has 0 N–H and O–H groups in total. The van der Waals surface area contributed by atoms with Gasteiger partial charge in [-0.15, -0.1) is 0 Å². The second-order valence-electron chi connectivity index (χ2n) is 10.1. The average molecular weight is 369 g/mol. The molecule has 0 saturated heterocycles.